The van der Waals surface area contributed by atoms with E-state index >= 15 is 0 Å². The van der Waals surface area contributed by atoms with Gasteiger partial charge in [-0.05, 0) is 25.1 Å². The van der Waals surface area contributed by atoms with Crippen molar-refractivity contribution in [2.75, 3.05) is 31.9 Å². The van der Waals surface area contributed by atoms with E-state index in [4.69, 9.17) is 0 Å². The molecule has 0 bridgehead atoms. The number of nitrogens with zero attached hydrogens (tertiary/aromatic N) is 1. The summed E-state index contributed by atoms with van der Waals surface area (Å²) in [4.78, 5) is 3.03. The summed E-state index contributed by atoms with van der Waals surface area (Å²) in [5.41, 5.74) is -0.571. The highest BCUT2D eigenvalue weighted by Gasteiger charge is 2.30. The van der Waals surface area contributed by atoms with Crippen molar-refractivity contribution >= 4 is 11.8 Å². The zero-order chi connectivity index (χ0) is 14.6. The van der Waals surface area contributed by atoms with Crippen LogP contribution in [0.4, 0.5) is 13.2 Å². The van der Waals surface area contributed by atoms with Crippen molar-refractivity contribution in [3.63, 3.8) is 0 Å². The van der Waals surface area contributed by atoms with Gasteiger partial charge in [-0.15, -0.1) is 11.8 Å². The van der Waals surface area contributed by atoms with Gasteiger partial charge in [-0.2, -0.15) is 13.2 Å². The van der Waals surface area contributed by atoms with E-state index in [1.807, 2.05) is 0 Å². The molecule has 0 aromatic heterocycles. The number of nitrogens with one attached hydrogen (secondary N) is 1. The van der Waals surface area contributed by atoms with Crippen LogP contribution < -0.4 is 5.32 Å². The van der Waals surface area contributed by atoms with Gasteiger partial charge in [0.25, 0.3) is 0 Å². The number of hydrogen-bond donors (Lipinski definition) is 1. The third-order valence-corrected chi connectivity index (χ3v) is 4.26. The van der Waals surface area contributed by atoms with Gasteiger partial charge in [0.15, 0.2) is 0 Å². The molecule has 0 aliphatic carbocycles. The predicted molar refractivity (Wildman–Crippen MR) is 76.1 cm³/mol. The van der Waals surface area contributed by atoms with Crippen LogP contribution in [0.2, 0.25) is 0 Å². The van der Waals surface area contributed by atoms with E-state index in [0.29, 0.717) is 10.9 Å². The second-order valence-electron chi connectivity index (χ2n) is 5.03. The molecule has 1 fully saturated rings. The molecular weight excluding hydrogens is 285 g/mol. The molecule has 1 saturated heterocycles. The summed E-state index contributed by atoms with van der Waals surface area (Å²) in [6.45, 7) is 6.05. The molecule has 1 aromatic rings. The van der Waals surface area contributed by atoms with E-state index in [9.17, 15) is 13.2 Å². The molecule has 1 aromatic carbocycles. The van der Waals surface area contributed by atoms with Gasteiger partial charge in [0, 0.05) is 42.9 Å². The fraction of sp³-hybridized carbons (Fsp3) is 0.571. The Balaban J connectivity index is 1.82. The third-order valence-electron chi connectivity index (χ3n) is 3.29. The minimum atomic E-state index is -4.26. The van der Waals surface area contributed by atoms with Gasteiger partial charge in [-0.1, -0.05) is 6.07 Å². The minimum absolute atomic E-state index is 0.488. The monoisotopic (exact) mass is 304 g/mol. The molecule has 1 atom stereocenters. The smallest absolute Gasteiger partial charge is 0.312 e. The topological polar surface area (TPSA) is 15.3 Å². The fourth-order valence-electron chi connectivity index (χ4n) is 2.27. The van der Waals surface area contributed by atoms with Gasteiger partial charge in [0.05, 0.1) is 5.56 Å². The van der Waals surface area contributed by atoms with Gasteiger partial charge in [0.2, 0.25) is 0 Å². The van der Waals surface area contributed by atoms with Crippen molar-refractivity contribution in [1.29, 1.82) is 0 Å². The first-order valence-corrected chi connectivity index (χ1v) is 7.69. The summed E-state index contributed by atoms with van der Waals surface area (Å²) in [5, 5.41) is 3.37. The Kier molecular flexibility index (Phi) is 5.35. The lowest BCUT2D eigenvalue weighted by Crippen LogP contribution is -2.49. The van der Waals surface area contributed by atoms with E-state index < -0.39 is 11.7 Å². The molecule has 6 heteroatoms. The number of alkyl halides is 3. The summed E-state index contributed by atoms with van der Waals surface area (Å²) >= 11 is 1.48. The van der Waals surface area contributed by atoms with E-state index in [1.165, 1.54) is 23.9 Å². The molecule has 0 amide bonds. The van der Waals surface area contributed by atoms with Gasteiger partial charge in [0.1, 0.15) is 0 Å². The van der Waals surface area contributed by atoms with Crippen LogP contribution in [0.3, 0.4) is 0 Å². The maximum Gasteiger partial charge on any atom is 0.416 e. The van der Waals surface area contributed by atoms with Crippen molar-refractivity contribution in [1.82, 2.24) is 10.2 Å². The lowest BCUT2D eigenvalue weighted by Gasteiger charge is -2.31. The first-order chi connectivity index (χ1) is 9.45. The van der Waals surface area contributed by atoms with E-state index in [0.717, 1.165) is 38.0 Å². The predicted octanol–water partition coefficient (Wildman–Crippen LogP) is 3.09. The van der Waals surface area contributed by atoms with Crippen molar-refractivity contribution in [2.24, 2.45) is 0 Å². The second kappa shape index (κ2) is 6.83. The highest BCUT2D eigenvalue weighted by atomic mass is 32.2. The number of benzene rings is 1. The molecule has 1 aliphatic rings. The number of thioether (sulfide) groups is 1. The molecule has 2 rings (SSSR count). The maximum absolute atomic E-state index is 12.6. The molecule has 0 spiro atoms. The van der Waals surface area contributed by atoms with Crippen LogP contribution in [-0.2, 0) is 6.18 Å². The molecule has 1 N–H and O–H groups in total. The van der Waals surface area contributed by atoms with E-state index in [-0.39, 0.29) is 0 Å². The molecule has 112 valence electrons. The summed E-state index contributed by atoms with van der Waals surface area (Å²) < 4.78 is 37.8. The normalized spacial score (nSPS) is 21.1. The van der Waals surface area contributed by atoms with Crippen LogP contribution >= 0.6 is 11.8 Å². The number of halogens is 3. The number of rotatable bonds is 4. The minimum Gasteiger partial charge on any atom is -0.312 e. The molecule has 2 nitrogen and oxygen atoms in total. The molecule has 0 radical (unpaired) electrons. The first kappa shape index (κ1) is 15.7. The Morgan fingerprint density at radius 3 is 2.90 bits per heavy atom. The Hall–Kier alpha value is -0.720. The van der Waals surface area contributed by atoms with Crippen molar-refractivity contribution < 1.29 is 13.2 Å². The van der Waals surface area contributed by atoms with Gasteiger partial charge < -0.3 is 5.32 Å². The Labute approximate surface area is 121 Å². The molecular formula is C14H19F3N2S. The molecule has 0 unspecified atom stereocenters. The molecule has 1 heterocycles. The summed E-state index contributed by atoms with van der Waals surface area (Å²) in [6.07, 6.45) is -4.26. The van der Waals surface area contributed by atoms with E-state index in [1.54, 1.807) is 6.07 Å². The zero-order valence-corrected chi connectivity index (χ0v) is 12.2. The van der Waals surface area contributed by atoms with Gasteiger partial charge in [-0.25, -0.2) is 0 Å². The van der Waals surface area contributed by atoms with Crippen LogP contribution in [0.25, 0.3) is 0 Å². The highest BCUT2D eigenvalue weighted by Crippen LogP contribution is 2.31. The Bertz CT molecular complexity index is 437. The average molecular weight is 304 g/mol. The number of piperazine rings is 1. The van der Waals surface area contributed by atoms with Crippen LogP contribution in [-0.4, -0.2) is 42.9 Å². The SMILES string of the molecule is C[C@@H]1CN(CCSc2cccc(C(F)(F)F)c2)CCN1. The van der Waals surface area contributed by atoms with Crippen LogP contribution in [0.1, 0.15) is 12.5 Å². The van der Waals surface area contributed by atoms with Crippen LogP contribution in [0, 0.1) is 0 Å². The largest absolute Gasteiger partial charge is 0.416 e. The molecule has 20 heavy (non-hydrogen) atoms. The third kappa shape index (κ3) is 4.68. The van der Waals surface area contributed by atoms with Gasteiger partial charge in [-0.3, -0.25) is 4.90 Å². The molecule has 0 saturated carbocycles. The van der Waals surface area contributed by atoms with Crippen molar-refractivity contribution in [2.45, 2.75) is 24.0 Å². The standard InChI is InChI=1S/C14H19F3N2S/c1-11-10-19(6-5-18-11)7-8-20-13-4-2-3-12(9-13)14(15,16)17/h2-4,9,11,18H,5-8,10H2,1H3/t11-/m1/s1. The van der Waals surface area contributed by atoms with Crippen LogP contribution in [0.5, 0.6) is 0 Å². The van der Waals surface area contributed by atoms with Crippen molar-refractivity contribution in [3.8, 4) is 0 Å². The first-order valence-electron chi connectivity index (χ1n) is 6.71. The Morgan fingerprint density at radius 2 is 2.20 bits per heavy atom. The lowest BCUT2D eigenvalue weighted by atomic mass is 10.2. The lowest BCUT2D eigenvalue weighted by molar-refractivity contribution is -0.137. The molecule has 1 aliphatic heterocycles. The second-order valence-corrected chi connectivity index (χ2v) is 6.20. The van der Waals surface area contributed by atoms with Crippen LogP contribution in [0.15, 0.2) is 29.2 Å². The number of hydrogen-bond acceptors (Lipinski definition) is 3. The highest BCUT2D eigenvalue weighted by molar-refractivity contribution is 7.99. The summed E-state index contributed by atoms with van der Waals surface area (Å²) in [6, 6.07) is 6.04. The zero-order valence-electron chi connectivity index (χ0n) is 11.4. The summed E-state index contributed by atoms with van der Waals surface area (Å²) in [5.74, 6) is 0.814. The van der Waals surface area contributed by atoms with E-state index in [2.05, 4.69) is 17.1 Å². The van der Waals surface area contributed by atoms with Gasteiger partial charge >= 0.3 is 6.18 Å². The maximum atomic E-state index is 12.6. The Morgan fingerprint density at radius 1 is 1.40 bits per heavy atom. The van der Waals surface area contributed by atoms with Crippen molar-refractivity contribution in [3.05, 3.63) is 29.8 Å². The summed E-state index contributed by atoms with van der Waals surface area (Å²) in [7, 11) is 0. The average Bonchev–Trinajstić information content (AvgIpc) is 2.38. The fourth-order valence-corrected chi connectivity index (χ4v) is 3.24. The quantitative estimate of drug-likeness (QED) is 0.861.